The molecule has 0 atom stereocenters. The summed E-state index contributed by atoms with van der Waals surface area (Å²) in [6, 6.07) is 25.5. The summed E-state index contributed by atoms with van der Waals surface area (Å²) in [4.78, 5) is 26.7. The molecule has 0 aliphatic carbocycles. The fraction of sp³-hybridized carbons (Fsp3) is 0.194. The molecule has 3 heterocycles. The van der Waals surface area contributed by atoms with E-state index in [2.05, 4.69) is 27.8 Å². The van der Waals surface area contributed by atoms with Gasteiger partial charge in [0, 0.05) is 54.2 Å². The second-order valence-electron chi connectivity index (χ2n) is 9.39. The Morgan fingerprint density at radius 3 is 2.41 bits per heavy atom. The van der Waals surface area contributed by atoms with Crippen LogP contribution in [0.15, 0.2) is 91.4 Å². The topological polar surface area (TPSA) is 63.5 Å². The van der Waals surface area contributed by atoms with E-state index in [0.717, 1.165) is 39.4 Å². The molecule has 1 amide bonds. The van der Waals surface area contributed by atoms with E-state index in [1.54, 1.807) is 18.5 Å². The van der Waals surface area contributed by atoms with Crippen molar-refractivity contribution in [3.63, 3.8) is 0 Å². The second-order valence-corrected chi connectivity index (χ2v) is 9.83. The number of nitrogens with zero attached hydrogens (tertiary/aromatic N) is 5. The van der Waals surface area contributed by atoms with Gasteiger partial charge in [0.15, 0.2) is 5.65 Å². The van der Waals surface area contributed by atoms with E-state index >= 15 is 0 Å². The molecule has 3 aromatic carbocycles. The summed E-state index contributed by atoms with van der Waals surface area (Å²) < 4.78 is 7.75. The van der Waals surface area contributed by atoms with Gasteiger partial charge in [-0.25, -0.2) is 9.97 Å². The van der Waals surface area contributed by atoms with E-state index < -0.39 is 0 Å². The summed E-state index contributed by atoms with van der Waals surface area (Å²) in [5, 5.41) is 1.56. The molecule has 2 aromatic heterocycles. The number of benzene rings is 3. The van der Waals surface area contributed by atoms with Gasteiger partial charge in [0.25, 0.3) is 5.91 Å². The number of carbonyl (C=O) groups is 1. The van der Waals surface area contributed by atoms with Gasteiger partial charge in [-0.15, -0.1) is 0 Å². The molecule has 0 radical (unpaired) electrons. The highest BCUT2D eigenvalue weighted by atomic mass is 35.5. The molecule has 1 aliphatic rings. The molecule has 6 rings (SSSR count). The molecular formula is C31H28ClN5O2. The zero-order valence-corrected chi connectivity index (χ0v) is 22.4. The van der Waals surface area contributed by atoms with Crippen molar-refractivity contribution in [1.82, 2.24) is 19.4 Å². The van der Waals surface area contributed by atoms with Crippen LogP contribution in [0.1, 0.15) is 17.3 Å². The van der Waals surface area contributed by atoms with Crippen molar-refractivity contribution in [3.05, 3.63) is 102 Å². The van der Waals surface area contributed by atoms with Crippen LogP contribution in [0.2, 0.25) is 5.02 Å². The lowest BCUT2D eigenvalue weighted by Crippen LogP contribution is -2.49. The van der Waals surface area contributed by atoms with Gasteiger partial charge in [-0.2, -0.15) is 0 Å². The predicted octanol–water partition coefficient (Wildman–Crippen LogP) is 6.10. The van der Waals surface area contributed by atoms with Gasteiger partial charge in [-0.1, -0.05) is 48.0 Å². The van der Waals surface area contributed by atoms with Gasteiger partial charge < -0.3 is 19.1 Å². The van der Waals surface area contributed by atoms with Crippen LogP contribution in [-0.2, 0) is 0 Å². The highest BCUT2D eigenvalue weighted by Gasteiger charge is 2.26. The van der Waals surface area contributed by atoms with Gasteiger partial charge in [0.1, 0.15) is 17.9 Å². The molecule has 5 aromatic rings. The van der Waals surface area contributed by atoms with Gasteiger partial charge in [-0.3, -0.25) is 4.79 Å². The molecule has 1 aliphatic heterocycles. The van der Waals surface area contributed by atoms with Crippen LogP contribution >= 0.6 is 11.6 Å². The second kappa shape index (κ2) is 10.8. The Morgan fingerprint density at radius 2 is 1.69 bits per heavy atom. The lowest BCUT2D eigenvalue weighted by Gasteiger charge is -2.35. The minimum absolute atomic E-state index is 0.00314. The molecule has 0 N–H and O–H groups in total. The molecule has 0 bridgehead atoms. The van der Waals surface area contributed by atoms with Crippen LogP contribution in [0.5, 0.6) is 5.75 Å². The average molecular weight is 538 g/mol. The Balaban J connectivity index is 1.36. The van der Waals surface area contributed by atoms with Crippen molar-refractivity contribution in [3.8, 4) is 22.6 Å². The molecule has 1 fully saturated rings. The fourth-order valence-electron chi connectivity index (χ4n) is 5.11. The van der Waals surface area contributed by atoms with E-state index in [1.807, 2.05) is 66.4 Å². The number of rotatable bonds is 6. The minimum Gasteiger partial charge on any atom is -0.494 e. The van der Waals surface area contributed by atoms with E-state index in [9.17, 15) is 4.79 Å². The summed E-state index contributed by atoms with van der Waals surface area (Å²) in [6.45, 7) is 5.12. The number of hydrogen-bond acceptors (Lipinski definition) is 5. The lowest BCUT2D eigenvalue weighted by molar-refractivity contribution is 0.0746. The average Bonchev–Trinajstić information content (AvgIpc) is 3.38. The van der Waals surface area contributed by atoms with Crippen molar-refractivity contribution in [2.75, 3.05) is 37.7 Å². The van der Waals surface area contributed by atoms with E-state index in [4.69, 9.17) is 26.3 Å². The first kappa shape index (κ1) is 24.9. The van der Waals surface area contributed by atoms with Crippen LogP contribution in [-0.4, -0.2) is 58.1 Å². The quantitative estimate of drug-likeness (QED) is 0.262. The number of aromatic nitrogens is 3. The Bertz CT molecular complexity index is 1610. The maximum absolute atomic E-state index is 13.1. The van der Waals surface area contributed by atoms with Crippen molar-refractivity contribution in [1.29, 1.82) is 0 Å². The van der Waals surface area contributed by atoms with Crippen LogP contribution < -0.4 is 9.64 Å². The van der Waals surface area contributed by atoms with Crippen LogP contribution in [0.4, 0.5) is 5.82 Å². The summed E-state index contributed by atoms with van der Waals surface area (Å²) in [6.07, 6.45) is 3.76. The first-order chi connectivity index (χ1) is 19.1. The SMILES string of the molecule is CCOc1ccc(-n2cc(-c3ccccc3)c3c(N4CCN(C(=O)c5cccc(Cl)c5)CC4)ncnc32)cc1. The Kier molecular flexibility index (Phi) is 6.90. The third-order valence-corrected chi connectivity index (χ3v) is 7.25. The number of anilines is 1. The van der Waals surface area contributed by atoms with Crippen LogP contribution in [0.25, 0.3) is 27.8 Å². The van der Waals surface area contributed by atoms with Gasteiger partial charge in [0.05, 0.1) is 12.0 Å². The molecule has 39 heavy (non-hydrogen) atoms. The highest BCUT2D eigenvalue weighted by Crippen LogP contribution is 2.37. The molecule has 0 saturated carbocycles. The number of fused-ring (bicyclic) bond motifs is 1. The fourth-order valence-corrected chi connectivity index (χ4v) is 5.30. The van der Waals surface area contributed by atoms with E-state index in [0.29, 0.717) is 43.4 Å². The zero-order valence-electron chi connectivity index (χ0n) is 21.6. The van der Waals surface area contributed by atoms with E-state index in [1.165, 1.54) is 0 Å². The van der Waals surface area contributed by atoms with Crippen molar-refractivity contribution in [2.24, 2.45) is 0 Å². The molecule has 1 saturated heterocycles. The largest absolute Gasteiger partial charge is 0.494 e. The first-order valence-electron chi connectivity index (χ1n) is 13.1. The molecule has 7 nitrogen and oxygen atoms in total. The summed E-state index contributed by atoms with van der Waals surface area (Å²) in [5.41, 5.74) is 4.59. The minimum atomic E-state index is -0.00314. The number of amides is 1. The number of hydrogen-bond donors (Lipinski definition) is 0. The van der Waals surface area contributed by atoms with Gasteiger partial charge in [-0.05, 0) is 55.0 Å². The maximum atomic E-state index is 13.1. The first-order valence-corrected chi connectivity index (χ1v) is 13.4. The summed E-state index contributed by atoms with van der Waals surface area (Å²) in [5.74, 6) is 1.71. The standard InChI is InChI=1S/C31H28ClN5O2/c1-2-39-26-13-11-25(12-14-26)37-20-27(22-7-4-3-5-8-22)28-29(33-21-34-30(28)37)35-15-17-36(18-16-35)31(38)23-9-6-10-24(32)19-23/h3-14,19-21H,2,15-18H2,1H3. The Morgan fingerprint density at radius 1 is 0.923 bits per heavy atom. The number of halogens is 1. The molecule has 196 valence electrons. The molecule has 0 unspecified atom stereocenters. The van der Waals surface area contributed by atoms with Gasteiger partial charge in [0.2, 0.25) is 0 Å². The third-order valence-electron chi connectivity index (χ3n) is 7.01. The van der Waals surface area contributed by atoms with Crippen molar-refractivity contribution in [2.45, 2.75) is 6.92 Å². The molecule has 0 spiro atoms. The molecular weight excluding hydrogens is 510 g/mol. The van der Waals surface area contributed by atoms with Crippen molar-refractivity contribution < 1.29 is 9.53 Å². The lowest BCUT2D eigenvalue weighted by atomic mass is 10.1. The maximum Gasteiger partial charge on any atom is 0.254 e. The summed E-state index contributed by atoms with van der Waals surface area (Å²) in [7, 11) is 0. The third kappa shape index (κ3) is 4.93. The van der Waals surface area contributed by atoms with Crippen LogP contribution in [0, 0.1) is 0 Å². The van der Waals surface area contributed by atoms with Crippen LogP contribution in [0.3, 0.4) is 0 Å². The Hall–Kier alpha value is -4.36. The number of carbonyl (C=O) groups excluding carboxylic acids is 1. The predicted molar refractivity (Wildman–Crippen MR) is 155 cm³/mol. The monoisotopic (exact) mass is 537 g/mol. The molecule has 8 heteroatoms. The zero-order chi connectivity index (χ0) is 26.8. The number of piperazine rings is 1. The van der Waals surface area contributed by atoms with Gasteiger partial charge >= 0.3 is 0 Å². The Labute approximate surface area is 232 Å². The van der Waals surface area contributed by atoms with Crippen molar-refractivity contribution >= 4 is 34.4 Å². The summed E-state index contributed by atoms with van der Waals surface area (Å²) >= 11 is 6.12. The number of ether oxygens (including phenoxy) is 1. The smallest absolute Gasteiger partial charge is 0.254 e. The highest BCUT2D eigenvalue weighted by molar-refractivity contribution is 6.31. The van der Waals surface area contributed by atoms with E-state index in [-0.39, 0.29) is 5.91 Å². The normalized spacial score (nSPS) is 13.6.